The van der Waals surface area contributed by atoms with Crippen LogP contribution in [0.15, 0.2) is 46.1 Å². The molecule has 1 aromatic carbocycles. The lowest BCUT2D eigenvalue weighted by Gasteiger charge is -2.28. The normalized spacial score (nSPS) is 12.7. The maximum atomic E-state index is 13.4. The second-order valence-corrected chi connectivity index (χ2v) is 7.73. The molecule has 0 bridgehead atoms. The number of sulfonamides is 1. The van der Waals surface area contributed by atoms with Crippen LogP contribution in [0.25, 0.3) is 0 Å². The number of nitrogens with zero attached hydrogens (tertiary/aromatic N) is 2. The molecule has 12 heteroatoms. The maximum Gasteiger partial charge on any atom is 0.338 e. The van der Waals surface area contributed by atoms with Gasteiger partial charge in [-0.05, 0) is 12.1 Å². The van der Waals surface area contributed by atoms with Crippen molar-refractivity contribution in [2.24, 2.45) is 0 Å². The van der Waals surface area contributed by atoms with E-state index in [1.54, 1.807) is 23.2 Å². The third kappa shape index (κ3) is 5.34. The number of H-pyrrole nitrogens is 1. The van der Waals surface area contributed by atoms with Crippen molar-refractivity contribution in [1.82, 2.24) is 13.9 Å². The minimum atomic E-state index is -4.02. The SMILES string of the molecule is CS(=O)(=O)N(Cn1cc(F)c(=O)[nH]c1=O)C(CO)COC(=O)c1ccccc1. The van der Waals surface area contributed by atoms with Gasteiger partial charge in [-0.3, -0.25) is 14.3 Å². The van der Waals surface area contributed by atoms with Crippen LogP contribution in [0, 0.1) is 5.82 Å². The van der Waals surface area contributed by atoms with E-state index < -0.39 is 59.0 Å². The average Bonchev–Trinajstić information content (AvgIpc) is 2.64. The Morgan fingerprint density at radius 3 is 2.54 bits per heavy atom. The van der Waals surface area contributed by atoms with Gasteiger partial charge in [-0.2, -0.15) is 8.70 Å². The zero-order valence-corrected chi connectivity index (χ0v) is 15.6. The first-order valence-electron chi connectivity index (χ1n) is 7.92. The number of hydrogen-bond acceptors (Lipinski definition) is 7. The highest BCUT2D eigenvalue weighted by molar-refractivity contribution is 7.88. The third-order valence-electron chi connectivity index (χ3n) is 3.72. The first kappa shape index (κ1) is 21.5. The van der Waals surface area contributed by atoms with Crippen molar-refractivity contribution < 1.29 is 27.4 Å². The van der Waals surface area contributed by atoms with Gasteiger partial charge in [0.2, 0.25) is 15.8 Å². The summed E-state index contributed by atoms with van der Waals surface area (Å²) >= 11 is 0. The fourth-order valence-corrected chi connectivity index (χ4v) is 3.29. The number of carbonyl (C=O) groups excluding carboxylic acids is 1. The number of aromatic nitrogens is 2. The predicted molar refractivity (Wildman–Crippen MR) is 95.6 cm³/mol. The summed E-state index contributed by atoms with van der Waals surface area (Å²) in [5, 5.41) is 9.57. The standard InChI is InChI=1S/C16H18FN3O7S/c1-28(25,26)20(10-19-7-13(17)14(22)18-16(19)24)12(8-21)9-27-15(23)11-5-3-2-4-6-11/h2-7,12,21H,8-10H2,1H3,(H,18,22,24). The van der Waals surface area contributed by atoms with Crippen molar-refractivity contribution in [3.05, 3.63) is 68.7 Å². The van der Waals surface area contributed by atoms with Crippen LogP contribution >= 0.6 is 0 Å². The fourth-order valence-electron chi connectivity index (χ4n) is 2.29. The van der Waals surface area contributed by atoms with Gasteiger partial charge in [-0.25, -0.2) is 18.0 Å². The number of aliphatic hydroxyl groups is 1. The van der Waals surface area contributed by atoms with E-state index in [2.05, 4.69) is 0 Å². The van der Waals surface area contributed by atoms with Crippen LogP contribution in [-0.2, 0) is 21.4 Å². The second kappa shape index (κ2) is 8.91. The van der Waals surface area contributed by atoms with Crippen LogP contribution in [0.3, 0.4) is 0 Å². The van der Waals surface area contributed by atoms with Gasteiger partial charge < -0.3 is 9.84 Å². The minimum absolute atomic E-state index is 0.226. The Morgan fingerprint density at radius 1 is 1.32 bits per heavy atom. The summed E-state index contributed by atoms with van der Waals surface area (Å²) in [6.07, 6.45) is 1.35. The Hall–Kier alpha value is -2.83. The van der Waals surface area contributed by atoms with Gasteiger partial charge in [0.25, 0.3) is 5.56 Å². The quantitative estimate of drug-likeness (QED) is 0.534. The summed E-state index contributed by atoms with van der Waals surface area (Å²) in [4.78, 5) is 36.6. The maximum absolute atomic E-state index is 13.4. The Morgan fingerprint density at radius 2 is 1.96 bits per heavy atom. The van der Waals surface area contributed by atoms with Crippen molar-refractivity contribution >= 4 is 16.0 Å². The van der Waals surface area contributed by atoms with Gasteiger partial charge in [-0.1, -0.05) is 18.2 Å². The highest BCUT2D eigenvalue weighted by Gasteiger charge is 2.28. The summed E-state index contributed by atoms with van der Waals surface area (Å²) in [6.45, 7) is -1.97. The van der Waals surface area contributed by atoms with Crippen LogP contribution in [-0.4, -0.2) is 58.9 Å². The summed E-state index contributed by atoms with van der Waals surface area (Å²) < 4.78 is 44.0. The summed E-state index contributed by atoms with van der Waals surface area (Å²) in [5.41, 5.74) is -2.07. The number of hydrogen-bond donors (Lipinski definition) is 2. The number of carbonyl (C=O) groups is 1. The number of aliphatic hydroxyl groups excluding tert-OH is 1. The molecule has 1 aromatic heterocycles. The monoisotopic (exact) mass is 415 g/mol. The van der Waals surface area contributed by atoms with E-state index in [-0.39, 0.29) is 5.56 Å². The van der Waals surface area contributed by atoms with Crippen molar-refractivity contribution in [1.29, 1.82) is 0 Å². The molecule has 0 amide bonds. The Labute approximate surface area is 158 Å². The molecule has 2 rings (SSSR count). The number of rotatable bonds is 8. The largest absolute Gasteiger partial charge is 0.460 e. The fraction of sp³-hybridized carbons (Fsp3) is 0.312. The van der Waals surface area contributed by atoms with Gasteiger partial charge in [0.15, 0.2) is 0 Å². The molecule has 1 atom stereocenters. The molecular weight excluding hydrogens is 397 g/mol. The molecule has 0 fully saturated rings. The van der Waals surface area contributed by atoms with Gasteiger partial charge in [0.05, 0.1) is 37.3 Å². The molecule has 0 saturated carbocycles. The summed E-state index contributed by atoms with van der Waals surface area (Å²) in [5.74, 6) is -2.02. The first-order chi connectivity index (χ1) is 13.1. The van der Waals surface area contributed by atoms with Crippen molar-refractivity contribution in [3.63, 3.8) is 0 Å². The molecule has 0 radical (unpaired) electrons. The van der Waals surface area contributed by atoms with E-state index in [0.29, 0.717) is 15.1 Å². The molecule has 1 unspecified atom stereocenters. The number of benzene rings is 1. The van der Waals surface area contributed by atoms with Gasteiger partial charge in [0, 0.05) is 0 Å². The van der Waals surface area contributed by atoms with Crippen molar-refractivity contribution in [2.45, 2.75) is 12.7 Å². The van der Waals surface area contributed by atoms with E-state index in [1.165, 1.54) is 12.1 Å². The second-order valence-electron chi connectivity index (χ2n) is 5.80. The van der Waals surface area contributed by atoms with E-state index in [0.717, 1.165) is 6.26 Å². The van der Waals surface area contributed by atoms with Gasteiger partial charge in [-0.15, -0.1) is 0 Å². The van der Waals surface area contributed by atoms with E-state index in [1.807, 2.05) is 0 Å². The van der Waals surface area contributed by atoms with Crippen molar-refractivity contribution in [3.8, 4) is 0 Å². The predicted octanol–water partition coefficient (Wildman–Crippen LogP) is -0.887. The Bertz CT molecular complexity index is 1050. The van der Waals surface area contributed by atoms with Crippen LogP contribution in [0.1, 0.15) is 10.4 Å². The third-order valence-corrected chi connectivity index (χ3v) is 4.99. The number of aromatic amines is 1. The highest BCUT2D eigenvalue weighted by atomic mass is 32.2. The highest BCUT2D eigenvalue weighted by Crippen LogP contribution is 2.10. The topological polar surface area (TPSA) is 139 Å². The average molecular weight is 415 g/mol. The Kier molecular flexibility index (Phi) is 6.83. The van der Waals surface area contributed by atoms with Crippen LogP contribution in [0.5, 0.6) is 0 Å². The molecule has 2 aromatic rings. The van der Waals surface area contributed by atoms with Crippen molar-refractivity contribution in [2.75, 3.05) is 19.5 Å². The lowest BCUT2D eigenvalue weighted by molar-refractivity contribution is 0.0332. The zero-order valence-electron chi connectivity index (χ0n) is 14.7. The number of halogens is 1. The number of ether oxygens (including phenoxy) is 1. The van der Waals surface area contributed by atoms with Crippen LogP contribution in [0.4, 0.5) is 4.39 Å². The molecule has 1 heterocycles. The lowest BCUT2D eigenvalue weighted by atomic mass is 10.2. The molecular formula is C16H18FN3O7S. The number of nitrogens with one attached hydrogen (secondary N) is 1. The van der Waals surface area contributed by atoms with Gasteiger partial charge >= 0.3 is 11.7 Å². The number of esters is 1. The first-order valence-corrected chi connectivity index (χ1v) is 9.77. The van der Waals surface area contributed by atoms with Gasteiger partial charge in [0.1, 0.15) is 6.61 Å². The summed E-state index contributed by atoms with van der Waals surface area (Å²) in [6, 6.07) is 6.66. The molecule has 152 valence electrons. The van der Waals surface area contributed by atoms with Crippen LogP contribution < -0.4 is 11.2 Å². The van der Waals surface area contributed by atoms with E-state index in [9.17, 15) is 32.3 Å². The zero-order chi connectivity index (χ0) is 20.9. The molecule has 0 spiro atoms. The lowest BCUT2D eigenvalue weighted by Crippen LogP contribution is -2.48. The molecule has 0 aliphatic rings. The van der Waals surface area contributed by atoms with E-state index in [4.69, 9.17) is 4.74 Å². The molecule has 10 nitrogen and oxygen atoms in total. The summed E-state index contributed by atoms with van der Waals surface area (Å²) in [7, 11) is -4.02. The molecule has 28 heavy (non-hydrogen) atoms. The Balaban J connectivity index is 2.23. The smallest absolute Gasteiger partial charge is 0.338 e. The molecule has 0 saturated heterocycles. The molecule has 2 N–H and O–H groups in total. The minimum Gasteiger partial charge on any atom is -0.460 e. The van der Waals surface area contributed by atoms with E-state index >= 15 is 0 Å². The molecule has 0 aliphatic carbocycles. The molecule has 0 aliphatic heterocycles. The van der Waals surface area contributed by atoms with Crippen LogP contribution in [0.2, 0.25) is 0 Å².